The van der Waals surface area contributed by atoms with Crippen LogP contribution in [0, 0.1) is 5.92 Å². The van der Waals surface area contributed by atoms with Crippen molar-refractivity contribution in [2.24, 2.45) is 5.92 Å². The van der Waals surface area contributed by atoms with Crippen LogP contribution in [0.25, 0.3) is 0 Å². The molecule has 1 aliphatic carbocycles. The minimum Gasteiger partial charge on any atom is -0.481 e. The average molecular weight is 212 g/mol. The number of aliphatic carboxylic acids is 1. The van der Waals surface area contributed by atoms with Crippen LogP contribution in [0.5, 0.6) is 0 Å². The molecule has 2 nitrogen and oxygen atoms in total. The third kappa shape index (κ3) is 2.47. The molecular weight excluding hydrogens is 192 g/mol. The van der Waals surface area contributed by atoms with E-state index in [0.29, 0.717) is 5.54 Å². The number of allylic oxidation sites excluding steroid dienone is 2. The Balaban J connectivity index is 2.89. The van der Waals surface area contributed by atoms with Crippen molar-refractivity contribution in [2.75, 3.05) is 0 Å². The summed E-state index contributed by atoms with van der Waals surface area (Å²) in [4.78, 5) is 11.2. The summed E-state index contributed by atoms with van der Waals surface area (Å²) in [5.74, 6) is -0.739. The van der Waals surface area contributed by atoms with Crippen LogP contribution < -0.4 is 0 Å². The van der Waals surface area contributed by atoms with Gasteiger partial charge in [0.25, 0.3) is 0 Å². The highest BCUT2D eigenvalue weighted by Gasteiger charge is 2.38. The third-order valence-corrected chi connectivity index (χ3v) is 6.04. The van der Waals surface area contributed by atoms with Crippen LogP contribution in [-0.2, 0) is 4.79 Å². The Labute approximate surface area is 87.0 Å². The summed E-state index contributed by atoms with van der Waals surface area (Å²) in [6, 6.07) is 0. The first-order valence-corrected chi connectivity index (χ1v) is 8.78. The molecule has 2 unspecified atom stereocenters. The van der Waals surface area contributed by atoms with Gasteiger partial charge in [-0.2, -0.15) is 0 Å². The molecule has 1 N–H and O–H groups in total. The van der Waals surface area contributed by atoms with Crippen LogP contribution in [-0.4, -0.2) is 19.1 Å². The van der Waals surface area contributed by atoms with E-state index in [9.17, 15) is 9.90 Å². The van der Waals surface area contributed by atoms with E-state index in [0.717, 1.165) is 12.8 Å². The Morgan fingerprint density at radius 3 is 2.50 bits per heavy atom. The molecule has 1 rings (SSSR count). The zero-order valence-electron chi connectivity index (χ0n) is 9.50. The van der Waals surface area contributed by atoms with Gasteiger partial charge >= 0.3 is 5.97 Å². The smallest absolute Gasteiger partial charge is 0.306 e. The molecule has 80 valence electrons. The van der Waals surface area contributed by atoms with Crippen LogP contribution in [0.4, 0.5) is 0 Å². The van der Waals surface area contributed by atoms with E-state index in [1.165, 1.54) is 5.57 Å². The van der Waals surface area contributed by atoms with Gasteiger partial charge in [-0.25, -0.2) is 0 Å². The molecule has 0 aromatic carbocycles. The molecule has 0 bridgehead atoms. The second-order valence-corrected chi connectivity index (χ2v) is 10.9. The molecule has 0 radical (unpaired) electrons. The van der Waals surface area contributed by atoms with Crippen molar-refractivity contribution in [1.29, 1.82) is 0 Å². The van der Waals surface area contributed by atoms with Crippen molar-refractivity contribution < 1.29 is 9.90 Å². The predicted octanol–water partition coefficient (Wildman–Crippen LogP) is 3.14. The Bertz CT molecular complexity index is 263. The molecule has 0 spiro atoms. The zero-order chi connectivity index (χ0) is 10.9. The summed E-state index contributed by atoms with van der Waals surface area (Å²) in [5.41, 5.74) is 1.65. The van der Waals surface area contributed by atoms with E-state index >= 15 is 0 Å². The maximum atomic E-state index is 11.2. The fraction of sp³-hybridized carbons (Fsp3) is 0.727. The van der Waals surface area contributed by atoms with Crippen LogP contribution in [0.2, 0.25) is 25.2 Å². The maximum absolute atomic E-state index is 11.2. The zero-order valence-corrected chi connectivity index (χ0v) is 10.5. The van der Waals surface area contributed by atoms with E-state index < -0.39 is 14.0 Å². The number of carboxylic acid groups (broad SMARTS) is 1. The van der Waals surface area contributed by atoms with Crippen LogP contribution in [0.15, 0.2) is 11.6 Å². The van der Waals surface area contributed by atoms with Crippen LogP contribution >= 0.6 is 0 Å². The van der Waals surface area contributed by atoms with Gasteiger partial charge in [-0.05, 0) is 25.3 Å². The SMILES string of the molecule is CC1=CCC([Si](C)(C)C)C(C(=O)O)C1. The second kappa shape index (κ2) is 3.89. The lowest BCUT2D eigenvalue weighted by molar-refractivity contribution is -0.142. The normalized spacial score (nSPS) is 28.4. The molecule has 14 heavy (non-hydrogen) atoms. The highest BCUT2D eigenvalue weighted by Crippen LogP contribution is 2.40. The summed E-state index contributed by atoms with van der Waals surface area (Å²) in [5, 5.41) is 9.18. The Hall–Kier alpha value is -0.573. The molecule has 0 heterocycles. The lowest BCUT2D eigenvalue weighted by atomic mass is 9.89. The summed E-state index contributed by atoms with van der Waals surface area (Å²) in [6.45, 7) is 8.84. The lowest BCUT2D eigenvalue weighted by Gasteiger charge is -2.36. The fourth-order valence-electron chi connectivity index (χ4n) is 2.28. The number of carbonyl (C=O) groups is 1. The molecule has 0 aliphatic heterocycles. The molecule has 2 atom stereocenters. The van der Waals surface area contributed by atoms with Crippen LogP contribution in [0.3, 0.4) is 0 Å². The Morgan fingerprint density at radius 2 is 2.07 bits per heavy atom. The number of hydrogen-bond acceptors (Lipinski definition) is 1. The topological polar surface area (TPSA) is 37.3 Å². The van der Waals surface area contributed by atoms with Gasteiger partial charge < -0.3 is 5.11 Å². The second-order valence-electron chi connectivity index (χ2n) is 5.41. The Kier molecular flexibility index (Phi) is 3.19. The average Bonchev–Trinajstić information content (AvgIpc) is 2.01. The van der Waals surface area contributed by atoms with Gasteiger partial charge in [0, 0.05) is 8.07 Å². The first kappa shape index (κ1) is 11.5. The van der Waals surface area contributed by atoms with Gasteiger partial charge in [0.05, 0.1) is 5.92 Å². The number of hydrogen-bond donors (Lipinski definition) is 1. The van der Waals surface area contributed by atoms with E-state index in [1.807, 2.05) is 6.92 Å². The molecule has 0 saturated carbocycles. The molecule has 0 fully saturated rings. The predicted molar refractivity (Wildman–Crippen MR) is 61.2 cm³/mol. The van der Waals surface area contributed by atoms with Crippen molar-refractivity contribution >= 4 is 14.0 Å². The highest BCUT2D eigenvalue weighted by molar-refractivity contribution is 6.77. The van der Waals surface area contributed by atoms with E-state index in [1.54, 1.807) is 0 Å². The monoisotopic (exact) mass is 212 g/mol. The summed E-state index contributed by atoms with van der Waals surface area (Å²) in [6.07, 6.45) is 3.95. The molecule has 0 saturated heterocycles. The van der Waals surface area contributed by atoms with Gasteiger partial charge in [-0.1, -0.05) is 31.3 Å². The maximum Gasteiger partial charge on any atom is 0.306 e. The summed E-state index contributed by atoms with van der Waals surface area (Å²) >= 11 is 0. The molecule has 0 amide bonds. The van der Waals surface area contributed by atoms with Crippen molar-refractivity contribution in [3.63, 3.8) is 0 Å². The first-order chi connectivity index (χ1) is 6.32. The van der Waals surface area contributed by atoms with Gasteiger partial charge in [0.1, 0.15) is 0 Å². The van der Waals surface area contributed by atoms with Gasteiger partial charge in [0.2, 0.25) is 0 Å². The van der Waals surface area contributed by atoms with Gasteiger partial charge in [-0.15, -0.1) is 0 Å². The largest absolute Gasteiger partial charge is 0.481 e. The number of carboxylic acids is 1. The third-order valence-electron chi connectivity index (χ3n) is 3.18. The molecule has 3 heteroatoms. The molecule has 0 aromatic heterocycles. The van der Waals surface area contributed by atoms with Crippen molar-refractivity contribution in [1.82, 2.24) is 0 Å². The van der Waals surface area contributed by atoms with Crippen molar-refractivity contribution in [3.8, 4) is 0 Å². The van der Waals surface area contributed by atoms with Crippen molar-refractivity contribution in [3.05, 3.63) is 11.6 Å². The van der Waals surface area contributed by atoms with E-state index in [-0.39, 0.29) is 5.92 Å². The molecule has 0 aromatic rings. The number of rotatable bonds is 2. The quantitative estimate of drug-likeness (QED) is 0.564. The van der Waals surface area contributed by atoms with Gasteiger partial charge in [-0.3, -0.25) is 4.79 Å². The van der Waals surface area contributed by atoms with E-state index in [2.05, 4.69) is 25.7 Å². The fourth-order valence-corrected chi connectivity index (χ4v) is 4.57. The molecular formula is C11H20O2Si. The van der Waals surface area contributed by atoms with E-state index in [4.69, 9.17) is 0 Å². The summed E-state index contributed by atoms with van der Waals surface area (Å²) < 4.78 is 0. The molecule has 1 aliphatic rings. The minimum atomic E-state index is -1.34. The lowest BCUT2D eigenvalue weighted by Crippen LogP contribution is -2.38. The summed E-state index contributed by atoms with van der Waals surface area (Å²) in [7, 11) is -1.34. The standard InChI is InChI=1S/C11H20O2Si/c1-8-5-6-10(14(2,3)4)9(7-8)11(12)13/h5,9-10H,6-7H2,1-4H3,(H,12,13). The van der Waals surface area contributed by atoms with Crippen molar-refractivity contribution in [2.45, 2.75) is 44.9 Å². The minimum absolute atomic E-state index is 0.133. The highest BCUT2D eigenvalue weighted by atomic mass is 28.3. The van der Waals surface area contributed by atoms with Gasteiger partial charge in [0.15, 0.2) is 0 Å². The Morgan fingerprint density at radius 1 is 1.50 bits per heavy atom. The first-order valence-electron chi connectivity index (χ1n) is 5.21. The van der Waals surface area contributed by atoms with Crippen LogP contribution in [0.1, 0.15) is 19.8 Å².